The van der Waals surface area contributed by atoms with E-state index >= 15 is 0 Å². The largest absolute Gasteiger partial charge is 0.393 e. The summed E-state index contributed by atoms with van der Waals surface area (Å²) in [6, 6.07) is 5.63. The fraction of sp³-hybridized carbons (Fsp3) is 0.333. The summed E-state index contributed by atoms with van der Waals surface area (Å²) in [5, 5.41) is 13.7. The van der Waals surface area contributed by atoms with E-state index in [1.54, 1.807) is 19.3 Å². The van der Waals surface area contributed by atoms with Crippen LogP contribution in [0, 0.1) is 0 Å². The van der Waals surface area contributed by atoms with Gasteiger partial charge in [-0.3, -0.25) is 9.97 Å². The zero-order valence-electron chi connectivity index (χ0n) is 11.9. The van der Waals surface area contributed by atoms with Crippen molar-refractivity contribution in [1.29, 1.82) is 0 Å². The molecule has 0 amide bonds. The zero-order chi connectivity index (χ0) is 14.8. The first-order valence-electron chi connectivity index (χ1n) is 6.92. The van der Waals surface area contributed by atoms with Crippen molar-refractivity contribution in [2.45, 2.75) is 32.3 Å². The standard InChI is InChI=1S/C15H16N4O2/c1-3-11(9(2)20)15-18-14(19-21-15)10-4-5-12-13(8-10)17-7-6-16-12/h4-9,11,20H,3H2,1-2H3. The van der Waals surface area contributed by atoms with Crippen LogP contribution in [0.15, 0.2) is 35.1 Å². The van der Waals surface area contributed by atoms with E-state index in [0.717, 1.165) is 23.0 Å². The SMILES string of the molecule is CCC(c1nc(-c2ccc3nccnc3c2)no1)C(C)O. The summed E-state index contributed by atoms with van der Waals surface area (Å²) in [7, 11) is 0. The van der Waals surface area contributed by atoms with Crippen LogP contribution in [0.2, 0.25) is 0 Å². The Morgan fingerprint density at radius 2 is 1.95 bits per heavy atom. The van der Waals surface area contributed by atoms with Crippen LogP contribution in [-0.2, 0) is 0 Å². The number of hydrogen-bond donors (Lipinski definition) is 1. The maximum atomic E-state index is 9.74. The molecule has 21 heavy (non-hydrogen) atoms. The maximum Gasteiger partial charge on any atom is 0.232 e. The van der Waals surface area contributed by atoms with Crippen LogP contribution in [0.3, 0.4) is 0 Å². The van der Waals surface area contributed by atoms with Crippen molar-refractivity contribution in [1.82, 2.24) is 20.1 Å². The molecule has 6 heteroatoms. The molecule has 1 N–H and O–H groups in total. The van der Waals surface area contributed by atoms with Crippen LogP contribution < -0.4 is 0 Å². The van der Waals surface area contributed by atoms with Gasteiger partial charge in [-0.15, -0.1) is 0 Å². The Morgan fingerprint density at radius 1 is 1.19 bits per heavy atom. The van der Waals surface area contributed by atoms with Crippen LogP contribution in [0.25, 0.3) is 22.4 Å². The molecule has 0 aliphatic rings. The second kappa shape index (κ2) is 5.57. The lowest BCUT2D eigenvalue weighted by molar-refractivity contribution is 0.141. The molecule has 108 valence electrons. The molecule has 0 aliphatic carbocycles. The molecule has 6 nitrogen and oxygen atoms in total. The van der Waals surface area contributed by atoms with Crippen molar-refractivity contribution < 1.29 is 9.63 Å². The van der Waals surface area contributed by atoms with Crippen molar-refractivity contribution in [3.05, 3.63) is 36.5 Å². The lowest BCUT2D eigenvalue weighted by Crippen LogP contribution is -2.13. The highest BCUT2D eigenvalue weighted by Gasteiger charge is 2.22. The van der Waals surface area contributed by atoms with E-state index in [9.17, 15) is 5.11 Å². The molecule has 0 spiro atoms. The quantitative estimate of drug-likeness (QED) is 0.792. The minimum atomic E-state index is -0.522. The smallest absolute Gasteiger partial charge is 0.232 e. The monoisotopic (exact) mass is 284 g/mol. The van der Waals surface area contributed by atoms with Crippen molar-refractivity contribution in [3.63, 3.8) is 0 Å². The van der Waals surface area contributed by atoms with Gasteiger partial charge in [0.25, 0.3) is 0 Å². The van der Waals surface area contributed by atoms with Crippen LogP contribution >= 0.6 is 0 Å². The van der Waals surface area contributed by atoms with Gasteiger partial charge in [0, 0.05) is 18.0 Å². The summed E-state index contributed by atoms with van der Waals surface area (Å²) in [5.74, 6) is 0.810. The summed E-state index contributed by atoms with van der Waals surface area (Å²) in [6.07, 6.45) is 3.52. The van der Waals surface area contributed by atoms with Gasteiger partial charge in [-0.25, -0.2) is 0 Å². The first kappa shape index (κ1) is 13.6. The van der Waals surface area contributed by atoms with E-state index in [0.29, 0.717) is 11.7 Å². The maximum absolute atomic E-state index is 9.74. The third kappa shape index (κ3) is 2.62. The fourth-order valence-corrected chi connectivity index (χ4v) is 2.33. The lowest BCUT2D eigenvalue weighted by Gasteiger charge is -2.12. The van der Waals surface area contributed by atoms with E-state index in [1.165, 1.54) is 0 Å². The van der Waals surface area contributed by atoms with Crippen LogP contribution in [0.4, 0.5) is 0 Å². The molecular formula is C15H16N4O2. The van der Waals surface area contributed by atoms with Crippen molar-refractivity contribution in [3.8, 4) is 11.4 Å². The molecule has 2 unspecified atom stereocenters. The van der Waals surface area contributed by atoms with Gasteiger partial charge in [-0.2, -0.15) is 4.98 Å². The highest BCUT2D eigenvalue weighted by molar-refractivity contribution is 5.79. The molecule has 0 radical (unpaired) electrons. The summed E-state index contributed by atoms with van der Waals surface area (Å²) >= 11 is 0. The first-order chi connectivity index (χ1) is 10.2. The number of nitrogens with zero attached hydrogens (tertiary/aromatic N) is 4. The van der Waals surface area contributed by atoms with Crippen molar-refractivity contribution in [2.24, 2.45) is 0 Å². The van der Waals surface area contributed by atoms with E-state index in [2.05, 4.69) is 20.1 Å². The molecule has 0 aliphatic heterocycles. The van der Waals surface area contributed by atoms with E-state index in [-0.39, 0.29) is 5.92 Å². The molecular weight excluding hydrogens is 268 g/mol. The number of aliphatic hydroxyl groups excluding tert-OH is 1. The summed E-state index contributed by atoms with van der Waals surface area (Å²) < 4.78 is 5.29. The number of aliphatic hydroxyl groups is 1. The second-order valence-electron chi connectivity index (χ2n) is 4.97. The molecule has 0 saturated heterocycles. The van der Waals surface area contributed by atoms with Crippen LogP contribution in [-0.4, -0.2) is 31.3 Å². The van der Waals surface area contributed by atoms with E-state index in [4.69, 9.17) is 4.52 Å². The molecule has 0 fully saturated rings. The predicted octanol–water partition coefficient (Wildman–Crippen LogP) is 2.55. The third-order valence-electron chi connectivity index (χ3n) is 3.51. The van der Waals surface area contributed by atoms with Gasteiger partial charge in [0.1, 0.15) is 0 Å². The highest BCUT2D eigenvalue weighted by Crippen LogP contribution is 2.25. The first-order valence-corrected chi connectivity index (χ1v) is 6.92. The molecule has 2 heterocycles. The Hall–Kier alpha value is -2.34. The summed E-state index contributed by atoms with van der Waals surface area (Å²) in [5.41, 5.74) is 2.42. The van der Waals surface area contributed by atoms with Gasteiger partial charge >= 0.3 is 0 Å². The predicted molar refractivity (Wildman–Crippen MR) is 77.5 cm³/mol. The molecule has 3 aromatic rings. The topological polar surface area (TPSA) is 84.9 Å². The molecule has 2 atom stereocenters. The van der Waals surface area contributed by atoms with E-state index < -0.39 is 6.10 Å². The van der Waals surface area contributed by atoms with Gasteiger partial charge in [-0.05, 0) is 31.5 Å². The molecule has 2 aromatic heterocycles. The number of aromatic nitrogens is 4. The fourth-order valence-electron chi connectivity index (χ4n) is 2.33. The lowest BCUT2D eigenvalue weighted by atomic mass is 10.0. The van der Waals surface area contributed by atoms with Crippen molar-refractivity contribution in [2.75, 3.05) is 0 Å². The van der Waals surface area contributed by atoms with Gasteiger partial charge in [-0.1, -0.05) is 12.1 Å². The second-order valence-corrected chi connectivity index (χ2v) is 4.97. The Labute approximate surface area is 121 Å². The van der Waals surface area contributed by atoms with Gasteiger partial charge in [0.15, 0.2) is 0 Å². The molecule has 0 bridgehead atoms. The van der Waals surface area contributed by atoms with Crippen LogP contribution in [0.5, 0.6) is 0 Å². The highest BCUT2D eigenvalue weighted by atomic mass is 16.5. The van der Waals surface area contributed by atoms with E-state index in [1.807, 2.05) is 25.1 Å². The minimum absolute atomic E-state index is 0.147. The van der Waals surface area contributed by atoms with Gasteiger partial charge in [0.05, 0.1) is 23.1 Å². The Morgan fingerprint density at radius 3 is 2.67 bits per heavy atom. The average Bonchev–Trinajstić information content (AvgIpc) is 2.96. The summed E-state index contributed by atoms with van der Waals surface area (Å²) in [6.45, 7) is 3.70. The number of rotatable bonds is 4. The summed E-state index contributed by atoms with van der Waals surface area (Å²) in [4.78, 5) is 12.9. The zero-order valence-corrected chi connectivity index (χ0v) is 11.9. The normalized spacial score (nSPS) is 14.2. The Bertz CT molecular complexity index is 754. The Balaban J connectivity index is 1.97. The number of benzene rings is 1. The third-order valence-corrected chi connectivity index (χ3v) is 3.51. The molecule has 0 saturated carbocycles. The minimum Gasteiger partial charge on any atom is -0.393 e. The van der Waals surface area contributed by atoms with Gasteiger partial charge in [0.2, 0.25) is 11.7 Å². The molecule has 1 aromatic carbocycles. The number of hydrogen-bond acceptors (Lipinski definition) is 6. The Kier molecular flexibility index (Phi) is 3.62. The van der Waals surface area contributed by atoms with Crippen molar-refractivity contribution >= 4 is 11.0 Å². The number of fused-ring (bicyclic) bond motifs is 1. The molecule has 3 rings (SSSR count). The van der Waals surface area contributed by atoms with Crippen LogP contribution in [0.1, 0.15) is 32.1 Å². The van der Waals surface area contributed by atoms with Gasteiger partial charge < -0.3 is 9.63 Å². The average molecular weight is 284 g/mol.